The molecule has 1 saturated carbocycles. The van der Waals surface area contributed by atoms with Gasteiger partial charge in [-0.3, -0.25) is 4.68 Å². The highest BCUT2D eigenvalue weighted by molar-refractivity contribution is 5.87. The smallest absolute Gasteiger partial charge is 0.226 e. The molecule has 3 aromatic rings. The SMILES string of the molecule is CC1CC1CNc1nc(NC[C@H](N)c2ccccc2)nc2c1cnn2C. The molecule has 136 valence electrons. The van der Waals surface area contributed by atoms with Crippen molar-refractivity contribution in [2.24, 2.45) is 24.6 Å². The van der Waals surface area contributed by atoms with Crippen molar-refractivity contribution in [2.75, 3.05) is 23.7 Å². The monoisotopic (exact) mass is 351 g/mol. The molecule has 0 bridgehead atoms. The molecular weight excluding hydrogens is 326 g/mol. The van der Waals surface area contributed by atoms with Gasteiger partial charge in [-0.2, -0.15) is 15.1 Å². The number of hydrogen-bond donors (Lipinski definition) is 3. The molecule has 0 spiro atoms. The molecule has 0 radical (unpaired) electrons. The Balaban J connectivity index is 1.51. The fraction of sp³-hybridized carbons (Fsp3) is 0.421. The number of aryl methyl sites for hydroxylation is 1. The number of anilines is 2. The van der Waals surface area contributed by atoms with Gasteiger partial charge in [-0.1, -0.05) is 37.3 Å². The molecule has 4 N–H and O–H groups in total. The number of hydrogen-bond acceptors (Lipinski definition) is 6. The minimum Gasteiger partial charge on any atom is -0.369 e. The summed E-state index contributed by atoms with van der Waals surface area (Å²) in [6.07, 6.45) is 3.10. The minimum atomic E-state index is -0.120. The molecule has 2 unspecified atom stereocenters. The van der Waals surface area contributed by atoms with Crippen molar-refractivity contribution in [2.45, 2.75) is 19.4 Å². The van der Waals surface area contributed by atoms with E-state index in [0.29, 0.717) is 12.5 Å². The second-order valence-electron chi connectivity index (χ2n) is 7.15. The average molecular weight is 351 g/mol. The van der Waals surface area contributed by atoms with Crippen molar-refractivity contribution in [1.82, 2.24) is 19.7 Å². The summed E-state index contributed by atoms with van der Waals surface area (Å²) in [5.74, 6) is 2.94. The molecule has 3 atom stereocenters. The maximum Gasteiger partial charge on any atom is 0.226 e. The first-order valence-electron chi connectivity index (χ1n) is 9.10. The van der Waals surface area contributed by atoms with Crippen LogP contribution in [0, 0.1) is 11.8 Å². The predicted octanol–water partition coefficient (Wildman–Crippen LogP) is 2.54. The second-order valence-corrected chi connectivity index (χ2v) is 7.15. The van der Waals surface area contributed by atoms with Gasteiger partial charge in [0.1, 0.15) is 5.82 Å². The Labute approximate surface area is 153 Å². The second kappa shape index (κ2) is 6.92. The van der Waals surface area contributed by atoms with E-state index >= 15 is 0 Å². The van der Waals surface area contributed by atoms with Gasteiger partial charge in [0.05, 0.1) is 11.6 Å². The van der Waals surface area contributed by atoms with Crippen LogP contribution in [0.15, 0.2) is 36.5 Å². The van der Waals surface area contributed by atoms with E-state index in [0.717, 1.165) is 40.8 Å². The lowest BCUT2D eigenvalue weighted by molar-refractivity contribution is 0.755. The standard InChI is InChI=1S/C19H25N7/c1-12-8-14(12)9-21-17-15-10-23-26(2)18(15)25-19(24-17)22-11-16(20)13-6-4-3-5-7-13/h3-7,10,12,14,16H,8-9,11,20H2,1-2H3,(H2,21,22,24,25)/t12?,14?,16-/m0/s1. The summed E-state index contributed by atoms with van der Waals surface area (Å²) in [4.78, 5) is 9.26. The Kier molecular flexibility index (Phi) is 4.46. The summed E-state index contributed by atoms with van der Waals surface area (Å²) in [7, 11) is 1.89. The topological polar surface area (TPSA) is 93.7 Å². The number of aromatic nitrogens is 4. The zero-order chi connectivity index (χ0) is 18.1. The third-order valence-electron chi connectivity index (χ3n) is 5.11. The molecule has 1 aliphatic rings. The van der Waals surface area contributed by atoms with Crippen LogP contribution in [-0.2, 0) is 7.05 Å². The number of fused-ring (bicyclic) bond motifs is 1. The molecule has 2 heterocycles. The Hall–Kier alpha value is -2.67. The van der Waals surface area contributed by atoms with E-state index in [9.17, 15) is 0 Å². The fourth-order valence-corrected chi connectivity index (χ4v) is 3.17. The quantitative estimate of drug-likeness (QED) is 0.606. The maximum absolute atomic E-state index is 6.27. The highest BCUT2D eigenvalue weighted by Gasteiger charge is 2.32. The van der Waals surface area contributed by atoms with Gasteiger partial charge < -0.3 is 16.4 Å². The van der Waals surface area contributed by atoms with Gasteiger partial charge in [0, 0.05) is 26.2 Å². The van der Waals surface area contributed by atoms with E-state index in [1.165, 1.54) is 6.42 Å². The Morgan fingerprint density at radius 3 is 2.73 bits per heavy atom. The largest absolute Gasteiger partial charge is 0.369 e. The van der Waals surface area contributed by atoms with Crippen molar-refractivity contribution in [3.8, 4) is 0 Å². The van der Waals surface area contributed by atoms with Gasteiger partial charge in [0.25, 0.3) is 0 Å². The van der Waals surface area contributed by atoms with Gasteiger partial charge >= 0.3 is 0 Å². The highest BCUT2D eigenvalue weighted by atomic mass is 15.3. The van der Waals surface area contributed by atoms with Crippen LogP contribution in [0.25, 0.3) is 11.0 Å². The first kappa shape index (κ1) is 16.8. The van der Waals surface area contributed by atoms with Crippen molar-refractivity contribution in [3.63, 3.8) is 0 Å². The minimum absolute atomic E-state index is 0.120. The van der Waals surface area contributed by atoms with Gasteiger partial charge in [-0.25, -0.2) is 0 Å². The van der Waals surface area contributed by atoms with Crippen LogP contribution >= 0.6 is 0 Å². The van der Waals surface area contributed by atoms with Crippen LogP contribution < -0.4 is 16.4 Å². The summed E-state index contributed by atoms with van der Waals surface area (Å²) >= 11 is 0. The van der Waals surface area contributed by atoms with E-state index in [2.05, 4.69) is 32.6 Å². The first-order valence-corrected chi connectivity index (χ1v) is 9.10. The van der Waals surface area contributed by atoms with Gasteiger partial charge in [0.15, 0.2) is 5.65 Å². The zero-order valence-corrected chi connectivity index (χ0v) is 15.2. The van der Waals surface area contributed by atoms with Crippen molar-refractivity contribution in [1.29, 1.82) is 0 Å². The molecule has 0 amide bonds. The van der Waals surface area contributed by atoms with E-state index in [1.54, 1.807) is 4.68 Å². The molecule has 26 heavy (non-hydrogen) atoms. The summed E-state index contributed by atoms with van der Waals surface area (Å²) in [5, 5.41) is 12.0. The van der Waals surface area contributed by atoms with Crippen molar-refractivity contribution >= 4 is 22.8 Å². The Bertz CT molecular complexity index is 890. The lowest BCUT2D eigenvalue weighted by Crippen LogP contribution is -2.21. The molecule has 1 aliphatic carbocycles. The molecule has 0 aliphatic heterocycles. The summed E-state index contributed by atoms with van der Waals surface area (Å²) in [6.45, 7) is 3.78. The van der Waals surface area contributed by atoms with Crippen LogP contribution in [0.5, 0.6) is 0 Å². The van der Waals surface area contributed by atoms with Crippen LogP contribution in [0.4, 0.5) is 11.8 Å². The first-order chi connectivity index (χ1) is 12.6. The average Bonchev–Trinajstić information content (AvgIpc) is 3.25. The molecule has 1 fully saturated rings. The third-order valence-corrected chi connectivity index (χ3v) is 5.11. The van der Waals surface area contributed by atoms with E-state index in [4.69, 9.17) is 5.73 Å². The van der Waals surface area contributed by atoms with E-state index < -0.39 is 0 Å². The number of rotatable bonds is 7. The van der Waals surface area contributed by atoms with Crippen LogP contribution in [0.1, 0.15) is 24.9 Å². The summed E-state index contributed by atoms with van der Waals surface area (Å²) < 4.78 is 1.77. The summed E-state index contributed by atoms with van der Waals surface area (Å²) in [5.41, 5.74) is 8.17. The molecule has 1 aromatic carbocycles. The normalized spacial score (nSPS) is 20.1. The Morgan fingerprint density at radius 2 is 2.00 bits per heavy atom. The Morgan fingerprint density at radius 1 is 1.23 bits per heavy atom. The van der Waals surface area contributed by atoms with Crippen LogP contribution in [-0.4, -0.2) is 32.8 Å². The summed E-state index contributed by atoms with van der Waals surface area (Å²) in [6, 6.07) is 9.91. The van der Waals surface area contributed by atoms with Crippen molar-refractivity contribution < 1.29 is 0 Å². The fourth-order valence-electron chi connectivity index (χ4n) is 3.17. The zero-order valence-electron chi connectivity index (χ0n) is 15.2. The van der Waals surface area contributed by atoms with Crippen LogP contribution in [0.3, 0.4) is 0 Å². The van der Waals surface area contributed by atoms with Gasteiger partial charge in [-0.05, 0) is 23.8 Å². The molecule has 7 heteroatoms. The third kappa shape index (κ3) is 3.48. The lowest BCUT2D eigenvalue weighted by Gasteiger charge is -2.14. The van der Waals surface area contributed by atoms with Gasteiger partial charge in [0.2, 0.25) is 5.95 Å². The maximum atomic E-state index is 6.27. The number of nitrogens with zero attached hydrogens (tertiary/aromatic N) is 4. The van der Waals surface area contributed by atoms with E-state index in [-0.39, 0.29) is 6.04 Å². The number of benzene rings is 1. The number of nitrogens with two attached hydrogens (primary N) is 1. The predicted molar refractivity (Wildman–Crippen MR) is 104 cm³/mol. The lowest BCUT2D eigenvalue weighted by atomic mass is 10.1. The molecule has 0 saturated heterocycles. The molecule has 2 aromatic heterocycles. The highest BCUT2D eigenvalue weighted by Crippen LogP contribution is 2.37. The van der Waals surface area contributed by atoms with Crippen LogP contribution in [0.2, 0.25) is 0 Å². The number of nitrogens with one attached hydrogen (secondary N) is 2. The van der Waals surface area contributed by atoms with Gasteiger partial charge in [-0.15, -0.1) is 0 Å². The molecular formula is C19H25N7. The van der Waals surface area contributed by atoms with Crippen molar-refractivity contribution in [3.05, 3.63) is 42.1 Å². The molecule has 4 rings (SSSR count). The molecule has 7 nitrogen and oxygen atoms in total. The van der Waals surface area contributed by atoms with E-state index in [1.807, 2.05) is 43.6 Å².